The van der Waals surface area contributed by atoms with Gasteiger partial charge in [0.1, 0.15) is 5.75 Å². The summed E-state index contributed by atoms with van der Waals surface area (Å²) in [6.07, 6.45) is 4.61. The number of unbranched alkanes of at least 4 members (excludes halogenated alkanes) is 3. The number of carbonyl (C=O) groups is 2. The van der Waals surface area contributed by atoms with E-state index < -0.39 is 5.91 Å². The van der Waals surface area contributed by atoms with Gasteiger partial charge in [0.25, 0.3) is 11.8 Å². The Morgan fingerprint density at radius 3 is 2.40 bits per heavy atom. The lowest BCUT2D eigenvalue weighted by atomic mass is 10.1. The summed E-state index contributed by atoms with van der Waals surface area (Å²) in [6.45, 7) is 2.85. The molecule has 0 aromatic heterocycles. The number of hydrogen-bond donors (Lipinski definition) is 2. The Morgan fingerprint density at radius 2 is 1.72 bits per heavy atom. The second-order valence-corrected chi connectivity index (χ2v) is 5.80. The molecule has 0 saturated heterocycles. The number of primary amides is 1. The summed E-state index contributed by atoms with van der Waals surface area (Å²) in [5.41, 5.74) is 6.48. The van der Waals surface area contributed by atoms with E-state index in [0.717, 1.165) is 18.6 Å². The molecular weight excluding hydrogens is 316 g/mol. The van der Waals surface area contributed by atoms with Gasteiger partial charge in [0.05, 0.1) is 17.9 Å². The fourth-order valence-electron chi connectivity index (χ4n) is 2.42. The molecule has 0 fully saturated rings. The topological polar surface area (TPSA) is 81.4 Å². The Balaban J connectivity index is 1.93. The normalized spacial score (nSPS) is 10.3. The smallest absolute Gasteiger partial charge is 0.255 e. The van der Waals surface area contributed by atoms with Gasteiger partial charge in [-0.2, -0.15) is 0 Å². The van der Waals surface area contributed by atoms with Crippen molar-refractivity contribution in [2.75, 3.05) is 11.9 Å². The highest BCUT2D eigenvalue weighted by Crippen LogP contribution is 2.17. The Kier molecular flexibility index (Phi) is 7.01. The van der Waals surface area contributed by atoms with Crippen LogP contribution in [0.5, 0.6) is 5.75 Å². The van der Waals surface area contributed by atoms with Gasteiger partial charge in [-0.15, -0.1) is 0 Å². The summed E-state index contributed by atoms with van der Waals surface area (Å²) in [6, 6.07) is 13.6. The molecule has 0 saturated carbocycles. The number of nitrogens with one attached hydrogen (secondary N) is 1. The number of carbonyl (C=O) groups excluding carboxylic acids is 2. The molecule has 0 unspecified atom stereocenters. The first kappa shape index (κ1) is 18.5. The molecule has 0 radical (unpaired) electrons. The lowest BCUT2D eigenvalue weighted by molar-refractivity contribution is 0.100. The fourth-order valence-corrected chi connectivity index (χ4v) is 2.42. The van der Waals surface area contributed by atoms with Gasteiger partial charge < -0.3 is 15.8 Å². The average Bonchev–Trinajstić information content (AvgIpc) is 2.62. The van der Waals surface area contributed by atoms with Crippen LogP contribution in [0.2, 0.25) is 0 Å². The average molecular weight is 340 g/mol. The Hall–Kier alpha value is -2.82. The number of benzene rings is 2. The third-order valence-corrected chi connectivity index (χ3v) is 3.82. The number of rotatable bonds is 9. The number of anilines is 1. The van der Waals surface area contributed by atoms with Gasteiger partial charge in [-0.1, -0.05) is 38.3 Å². The van der Waals surface area contributed by atoms with E-state index in [0.29, 0.717) is 17.9 Å². The van der Waals surface area contributed by atoms with Gasteiger partial charge in [0.2, 0.25) is 0 Å². The van der Waals surface area contributed by atoms with Gasteiger partial charge in [-0.25, -0.2) is 0 Å². The van der Waals surface area contributed by atoms with Crippen LogP contribution < -0.4 is 15.8 Å². The largest absolute Gasteiger partial charge is 0.494 e. The van der Waals surface area contributed by atoms with Gasteiger partial charge in [0, 0.05) is 5.56 Å². The molecule has 2 aromatic rings. The van der Waals surface area contributed by atoms with E-state index in [4.69, 9.17) is 10.5 Å². The second kappa shape index (κ2) is 9.47. The van der Waals surface area contributed by atoms with Crippen molar-refractivity contribution in [1.82, 2.24) is 0 Å². The Labute approximate surface area is 148 Å². The van der Waals surface area contributed by atoms with Crippen LogP contribution >= 0.6 is 0 Å². The van der Waals surface area contributed by atoms with Crippen molar-refractivity contribution in [3.8, 4) is 5.75 Å². The van der Waals surface area contributed by atoms with E-state index >= 15 is 0 Å². The first-order chi connectivity index (χ1) is 12.1. The first-order valence-electron chi connectivity index (χ1n) is 8.55. The Morgan fingerprint density at radius 1 is 1.00 bits per heavy atom. The summed E-state index contributed by atoms with van der Waals surface area (Å²) in [7, 11) is 0. The van der Waals surface area contributed by atoms with E-state index in [1.165, 1.54) is 12.8 Å². The highest BCUT2D eigenvalue weighted by molar-refractivity contribution is 6.08. The van der Waals surface area contributed by atoms with Crippen molar-refractivity contribution < 1.29 is 14.3 Å². The molecule has 3 N–H and O–H groups in total. The number of nitrogens with two attached hydrogens (primary N) is 1. The minimum absolute atomic E-state index is 0.280. The molecule has 0 aliphatic carbocycles. The van der Waals surface area contributed by atoms with E-state index in [2.05, 4.69) is 12.2 Å². The standard InChI is InChI=1S/C20H24N2O3/c1-2-3-4-7-14-25-16-12-10-15(11-13-16)20(24)22-18-9-6-5-8-17(18)19(21)23/h5-6,8-13H,2-4,7,14H2,1H3,(H2,21,23)(H,22,24). The minimum atomic E-state index is -0.581. The summed E-state index contributed by atoms with van der Waals surface area (Å²) in [5, 5.41) is 2.71. The molecule has 0 bridgehead atoms. The van der Waals surface area contributed by atoms with Crippen LogP contribution in [0.15, 0.2) is 48.5 Å². The van der Waals surface area contributed by atoms with Crippen LogP contribution in [0, 0.1) is 0 Å². The second-order valence-electron chi connectivity index (χ2n) is 5.80. The molecule has 5 nitrogen and oxygen atoms in total. The van der Waals surface area contributed by atoms with Crippen LogP contribution in [0.3, 0.4) is 0 Å². The minimum Gasteiger partial charge on any atom is -0.494 e. The van der Waals surface area contributed by atoms with Crippen LogP contribution in [0.1, 0.15) is 53.3 Å². The monoisotopic (exact) mass is 340 g/mol. The molecule has 2 rings (SSSR count). The van der Waals surface area contributed by atoms with Gasteiger partial charge in [-0.05, 0) is 42.8 Å². The quantitative estimate of drug-likeness (QED) is 0.677. The summed E-state index contributed by atoms with van der Waals surface area (Å²) >= 11 is 0. The van der Waals surface area contributed by atoms with E-state index in [9.17, 15) is 9.59 Å². The maximum Gasteiger partial charge on any atom is 0.255 e. The van der Waals surface area contributed by atoms with Crippen molar-refractivity contribution in [3.63, 3.8) is 0 Å². The molecule has 0 aliphatic heterocycles. The zero-order valence-corrected chi connectivity index (χ0v) is 14.5. The molecule has 0 spiro atoms. The molecular formula is C20H24N2O3. The predicted octanol–water partition coefficient (Wildman–Crippen LogP) is 4.00. The lowest BCUT2D eigenvalue weighted by Gasteiger charge is -2.10. The third kappa shape index (κ3) is 5.64. The van der Waals surface area contributed by atoms with Crippen LogP contribution in [0.4, 0.5) is 5.69 Å². The van der Waals surface area contributed by atoms with Crippen LogP contribution in [-0.4, -0.2) is 18.4 Å². The summed E-state index contributed by atoms with van der Waals surface area (Å²) in [5.74, 6) is -0.142. The molecule has 0 heterocycles. The van der Waals surface area contributed by atoms with E-state index in [1.807, 2.05) is 0 Å². The number of amides is 2. The number of para-hydroxylation sites is 1. The molecule has 2 amide bonds. The fraction of sp³-hybridized carbons (Fsp3) is 0.300. The van der Waals surface area contributed by atoms with Crippen molar-refractivity contribution in [2.24, 2.45) is 5.73 Å². The maximum atomic E-state index is 12.3. The van der Waals surface area contributed by atoms with Crippen molar-refractivity contribution in [1.29, 1.82) is 0 Å². The molecule has 0 atom stereocenters. The maximum absolute atomic E-state index is 12.3. The van der Waals surface area contributed by atoms with Crippen molar-refractivity contribution >= 4 is 17.5 Å². The lowest BCUT2D eigenvalue weighted by Crippen LogP contribution is -2.18. The third-order valence-electron chi connectivity index (χ3n) is 3.82. The van der Waals surface area contributed by atoms with Crippen molar-refractivity contribution in [2.45, 2.75) is 32.6 Å². The van der Waals surface area contributed by atoms with E-state index in [1.54, 1.807) is 48.5 Å². The zero-order valence-electron chi connectivity index (χ0n) is 14.5. The SMILES string of the molecule is CCCCCCOc1ccc(C(=O)Nc2ccccc2C(N)=O)cc1. The van der Waals surface area contributed by atoms with Gasteiger partial charge in [-0.3, -0.25) is 9.59 Å². The predicted molar refractivity (Wildman–Crippen MR) is 99.0 cm³/mol. The van der Waals surface area contributed by atoms with Crippen LogP contribution in [0.25, 0.3) is 0 Å². The summed E-state index contributed by atoms with van der Waals surface area (Å²) < 4.78 is 5.66. The Bertz CT molecular complexity index is 711. The molecule has 2 aromatic carbocycles. The van der Waals surface area contributed by atoms with Crippen LogP contribution in [-0.2, 0) is 0 Å². The van der Waals surface area contributed by atoms with Gasteiger partial charge in [0.15, 0.2) is 0 Å². The molecule has 5 heteroatoms. The molecule has 25 heavy (non-hydrogen) atoms. The first-order valence-corrected chi connectivity index (χ1v) is 8.55. The zero-order chi connectivity index (χ0) is 18.1. The molecule has 0 aliphatic rings. The van der Waals surface area contributed by atoms with Crippen molar-refractivity contribution in [3.05, 3.63) is 59.7 Å². The summed E-state index contributed by atoms with van der Waals surface area (Å²) in [4.78, 5) is 23.7. The number of ether oxygens (including phenoxy) is 1. The highest BCUT2D eigenvalue weighted by atomic mass is 16.5. The highest BCUT2D eigenvalue weighted by Gasteiger charge is 2.11. The molecule has 132 valence electrons. The van der Waals surface area contributed by atoms with E-state index in [-0.39, 0.29) is 11.5 Å². The van der Waals surface area contributed by atoms with Gasteiger partial charge >= 0.3 is 0 Å². The number of hydrogen-bond acceptors (Lipinski definition) is 3.